The van der Waals surface area contributed by atoms with Gasteiger partial charge in [0.1, 0.15) is 17.9 Å². The van der Waals surface area contributed by atoms with Crippen molar-refractivity contribution < 1.29 is 18.8 Å². The van der Waals surface area contributed by atoms with Gasteiger partial charge >= 0.3 is 0 Å². The van der Waals surface area contributed by atoms with Gasteiger partial charge in [-0.1, -0.05) is 23.7 Å². The third-order valence-electron chi connectivity index (χ3n) is 5.30. The first-order chi connectivity index (χ1) is 13.9. The number of nitrogens with zero attached hydrogens (tertiary/aromatic N) is 1. The Labute approximate surface area is 172 Å². The van der Waals surface area contributed by atoms with Crippen LogP contribution in [0.25, 0.3) is 0 Å². The van der Waals surface area contributed by atoms with E-state index in [1.54, 1.807) is 12.1 Å². The van der Waals surface area contributed by atoms with Crippen molar-refractivity contribution in [3.8, 4) is 0 Å². The summed E-state index contributed by atoms with van der Waals surface area (Å²) in [5, 5.41) is 6.23. The number of carbonyl (C=O) groups is 3. The Hall–Kier alpha value is -2.93. The van der Waals surface area contributed by atoms with Gasteiger partial charge in [-0.3, -0.25) is 14.4 Å². The number of hydrogen-bond donors (Lipinski definition) is 2. The van der Waals surface area contributed by atoms with Crippen molar-refractivity contribution in [2.24, 2.45) is 0 Å². The van der Waals surface area contributed by atoms with Crippen LogP contribution in [0.2, 0.25) is 5.02 Å². The highest BCUT2D eigenvalue weighted by Crippen LogP contribution is 2.24. The van der Waals surface area contributed by atoms with Crippen LogP contribution >= 0.6 is 11.6 Å². The van der Waals surface area contributed by atoms with Crippen molar-refractivity contribution >= 4 is 29.3 Å². The average molecular weight is 416 g/mol. The van der Waals surface area contributed by atoms with E-state index in [4.69, 9.17) is 11.6 Å². The van der Waals surface area contributed by atoms with Crippen LogP contribution in [-0.2, 0) is 16.0 Å². The fraction of sp³-hybridized carbons (Fsp3) is 0.286. The molecule has 3 amide bonds. The molecule has 3 atom stereocenters. The first kappa shape index (κ1) is 19.4. The van der Waals surface area contributed by atoms with E-state index in [1.807, 2.05) is 12.1 Å². The summed E-state index contributed by atoms with van der Waals surface area (Å²) in [6, 6.07) is 10.8. The molecule has 0 radical (unpaired) electrons. The maximum absolute atomic E-state index is 13.0. The number of fused-ring (bicyclic) bond motifs is 1. The normalized spacial score (nSPS) is 23.5. The van der Waals surface area contributed by atoms with E-state index in [1.165, 1.54) is 29.2 Å². The van der Waals surface area contributed by atoms with E-state index in [2.05, 4.69) is 10.6 Å². The number of nitrogens with one attached hydrogen (secondary N) is 2. The number of hydrogen-bond acceptors (Lipinski definition) is 3. The van der Waals surface area contributed by atoms with Crippen molar-refractivity contribution in [3.63, 3.8) is 0 Å². The van der Waals surface area contributed by atoms with E-state index < -0.39 is 17.9 Å². The lowest BCUT2D eigenvalue weighted by molar-refractivity contribution is -0.147. The number of rotatable bonds is 4. The zero-order valence-corrected chi connectivity index (χ0v) is 16.2. The number of piperazine rings is 1. The molecule has 8 heteroatoms. The van der Waals surface area contributed by atoms with E-state index in [-0.39, 0.29) is 30.3 Å². The van der Waals surface area contributed by atoms with Crippen LogP contribution in [0, 0.1) is 5.82 Å². The van der Waals surface area contributed by atoms with Gasteiger partial charge in [-0.05, 0) is 48.4 Å². The fourth-order valence-corrected chi connectivity index (χ4v) is 3.95. The molecule has 29 heavy (non-hydrogen) atoms. The molecule has 2 heterocycles. The van der Waals surface area contributed by atoms with E-state index in [0.717, 1.165) is 5.56 Å². The minimum absolute atomic E-state index is 0.164. The zero-order chi connectivity index (χ0) is 20.5. The second kappa shape index (κ2) is 7.83. The standard InChI is InChI=1S/C21H19ClFN3O3/c22-14-5-1-12(2-6-14)9-17-21(29)26-11-16(10-18(26)20(28)25-17)24-19(27)13-3-7-15(23)8-4-13/h1-8,16-18H,9-11H2,(H,24,27)(H,25,28)/t16-,17-,18-/m0/s1. The molecule has 6 nitrogen and oxygen atoms in total. The molecule has 2 aliphatic heterocycles. The molecule has 0 bridgehead atoms. The maximum atomic E-state index is 13.0. The molecule has 0 saturated carbocycles. The third kappa shape index (κ3) is 4.10. The summed E-state index contributed by atoms with van der Waals surface area (Å²) in [5.74, 6) is -1.17. The summed E-state index contributed by atoms with van der Waals surface area (Å²) in [7, 11) is 0. The van der Waals surface area contributed by atoms with Gasteiger partial charge in [0.25, 0.3) is 5.91 Å². The maximum Gasteiger partial charge on any atom is 0.251 e. The topological polar surface area (TPSA) is 78.5 Å². The summed E-state index contributed by atoms with van der Waals surface area (Å²) >= 11 is 5.89. The van der Waals surface area contributed by atoms with Crippen molar-refractivity contribution in [2.45, 2.75) is 31.0 Å². The number of halogens is 2. The lowest BCUT2D eigenvalue weighted by atomic mass is 10.0. The van der Waals surface area contributed by atoms with E-state index in [9.17, 15) is 18.8 Å². The molecule has 0 spiro atoms. The summed E-state index contributed by atoms with van der Waals surface area (Å²) in [4.78, 5) is 39.3. The Morgan fingerprint density at radius 2 is 1.83 bits per heavy atom. The second-order valence-corrected chi connectivity index (χ2v) is 7.75. The van der Waals surface area contributed by atoms with Crippen LogP contribution in [-0.4, -0.2) is 47.3 Å². The van der Waals surface area contributed by atoms with Gasteiger partial charge < -0.3 is 15.5 Å². The molecule has 2 N–H and O–H groups in total. The molecule has 0 unspecified atom stereocenters. The summed E-state index contributed by atoms with van der Waals surface area (Å²) in [5.41, 5.74) is 1.22. The highest BCUT2D eigenvalue weighted by molar-refractivity contribution is 6.30. The predicted octanol–water partition coefficient (Wildman–Crippen LogP) is 1.92. The van der Waals surface area contributed by atoms with Crippen LogP contribution in [0.1, 0.15) is 22.3 Å². The summed E-state index contributed by atoms with van der Waals surface area (Å²) < 4.78 is 13.0. The molecule has 2 aliphatic rings. The SMILES string of the molecule is O=C(N[C@H]1C[C@H]2C(=O)N[C@@H](Cc3ccc(Cl)cc3)C(=O)N2C1)c1ccc(F)cc1. The Balaban J connectivity index is 1.42. The monoisotopic (exact) mass is 415 g/mol. The van der Waals surface area contributed by atoms with Crippen LogP contribution in [0.3, 0.4) is 0 Å². The van der Waals surface area contributed by atoms with E-state index >= 15 is 0 Å². The molecule has 0 aliphatic carbocycles. The van der Waals surface area contributed by atoms with Crippen LogP contribution in [0.5, 0.6) is 0 Å². The highest BCUT2D eigenvalue weighted by Gasteiger charge is 2.46. The van der Waals surface area contributed by atoms with Crippen molar-refractivity contribution in [1.29, 1.82) is 0 Å². The number of amides is 3. The Morgan fingerprint density at radius 1 is 1.14 bits per heavy atom. The van der Waals surface area contributed by atoms with Crippen LogP contribution in [0.15, 0.2) is 48.5 Å². The fourth-order valence-electron chi connectivity index (χ4n) is 3.83. The quantitative estimate of drug-likeness (QED) is 0.800. The number of carbonyl (C=O) groups excluding carboxylic acids is 3. The summed E-state index contributed by atoms with van der Waals surface area (Å²) in [6.45, 7) is 0.265. The van der Waals surface area contributed by atoms with Gasteiger partial charge in [-0.2, -0.15) is 0 Å². The van der Waals surface area contributed by atoms with Gasteiger partial charge in [0.05, 0.1) is 0 Å². The summed E-state index contributed by atoms with van der Waals surface area (Å²) in [6.07, 6.45) is 0.718. The molecule has 2 saturated heterocycles. The second-order valence-electron chi connectivity index (χ2n) is 7.31. The first-order valence-electron chi connectivity index (χ1n) is 9.32. The van der Waals surface area contributed by atoms with Gasteiger partial charge in [-0.25, -0.2) is 4.39 Å². The van der Waals surface area contributed by atoms with Gasteiger partial charge in [0, 0.05) is 29.6 Å². The van der Waals surface area contributed by atoms with Crippen LogP contribution < -0.4 is 10.6 Å². The van der Waals surface area contributed by atoms with Crippen LogP contribution in [0.4, 0.5) is 4.39 Å². The Morgan fingerprint density at radius 3 is 2.52 bits per heavy atom. The van der Waals surface area contributed by atoms with Crippen molar-refractivity contribution in [1.82, 2.24) is 15.5 Å². The first-order valence-corrected chi connectivity index (χ1v) is 9.70. The van der Waals surface area contributed by atoms with Crippen molar-refractivity contribution in [3.05, 3.63) is 70.5 Å². The highest BCUT2D eigenvalue weighted by atomic mass is 35.5. The van der Waals surface area contributed by atoms with Gasteiger partial charge in [-0.15, -0.1) is 0 Å². The molecule has 0 aromatic heterocycles. The molecular weight excluding hydrogens is 397 g/mol. The molecule has 150 valence electrons. The Bertz CT molecular complexity index is 949. The molecule has 2 aromatic carbocycles. The number of benzene rings is 2. The zero-order valence-electron chi connectivity index (χ0n) is 15.4. The largest absolute Gasteiger partial charge is 0.347 e. The van der Waals surface area contributed by atoms with Gasteiger partial charge in [0.15, 0.2) is 0 Å². The molecular formula is C21H19ClFN3O3. The van der Waals surface area contributed by atoms with Gasteiger partial charge in [0.2, 0.25) is 11.8 Å². The third-order valence-corrected chi connectivity index (χ3v) is 5.55. The predicted molar refractivity (Wildman–Crippen MR) is 105 cm³/mol. The lowest BCUT2D eigenvalue weighted by Crippen LogP contribution is -2.61. The minimum atomic E-state index is -0.647. The molecule has 2 fully saturated rings. The average Bonchev–Trinajstić information content (AvgIpc) is 3.13. The minimum Gasteiger partial charge on any atom is -0.347 e. The van der Waals surface area contributed by atoms with E-state index in [0.29, 0.717) is 23.4 Å². The molecule has 4 rings (SSSR count). The smallest absolute Gasteiger partial charge is 0.251 e. The lowest BCUT2D eigenvalue weighted by Gasteiger charge is -2.34. The van der Waals surface area contributed by atoms with Crippen molar-refractivity contribution in [2.75, 3.05) is 6.54 Å². The Kier molecular flexibility index (Phi) is 5.24. The molecule has 2 aromatic rings.